The van der Waals surface area contributed by atoms with Gasteiger partial charge in [-0.1, -0.05) is 12.1 Å². The average Bonchev–Trinajstić information content (AvgIpc) is 2.67. The number of hydrogen-bond acceptors (Lipinski definition) is 4. The van der Waals surface area contributed by atoms with Crippen LogP contribution in [0.5, 0.6) is 0 Å². The summed E-state index contributed by atoms with van der Waals surface area (Å²) in [5, 5.41) is 0. The summed E-state index contributed by atoms with van der Waals surface area (Å²) in [6.45, 7) is 1.19. The van der Waals surface area contributed by atoms with Crippen LogP contribution in [0.1, 0.15) is 12.2 Å². The van der Waals surface area contributed by atoms with E-state index in [-0.39, 0.29) is 5.75 Å². The zero-order chi connectivity index (χ0) is 13.9. The first-order chi connectivity index (χ1) is 9.01. The van der Waals surface area contributed by atoms with Gasteiger partial charge in [0.05, 0.1) is 16.8 Å². The van der Waals surface area contributed by atoms with Gasteiger partial charge in [0.15, 0.2) is 0 Å². The van der Waals surface area contributed by atoms with Crippen molar-refractivity contribution in [2.24, 2.45) is 5.73 Å². The van der Waals surface area contributed by atoms with Crippen molar-refractivity contribution in [1.29, 1.82) is 0 Å². The molecule has 0 amide bonds. The molecule has 0 spiro atoms. The zero-order valence-electron chi connectivity index (χ0n) is 11.0. The third kappa shape index (κ3) is 3.54. The number of imidazole rings is 1. The summed E-state index contributed by atoms with van der Waals surface area (Å²) in [6.07, 6.45) is 2.56. The molecule has 1 heterocycles. The maximum Gasteiger partial charge on any atom is 0.147 e. The molecule has 19 heavy (non-hydrogen) atoms. The minimum Gasteiger partial charge on any atom is -0.330 e. The summed E-state index contributed by atoms with van der Waals surface area (Å²) in [4.78, 5) is 4.55. The van der Waals surface area contributed by atoms with Gasteiger partial charge in [-0.2, -0.15) is 0 Å². The summed E-state index contributed by atoms with van der Waals surface area (Å²) in [6, 6.07) is 7.87. The van der Waals surface area contributed by atoms with Gasteiger partial charge in [0.2, 0.25) is 0 Å². The molecule has 104 valence electrons. The molecule has 0 aliphatic rings. The van der Waals surface area contributed by atoms with Gasteiger partial charge < -0.3 is 10.3 Å². The third-order valence-electron chi connectivity index (χ3n) is 3.00. The molecule has 0 atom stereocenters. The van der Waals surface area contributed by atoms with Gasteiger partial charge in [0.1, 0.15) is 15.7 Å². The minimum absolute atomic E-state index is 0.196. The van der Waals surface area contributed by atoms with E-state index in [1.165, 1.54) is 6.26 Å². The van der Waals surface area contributed by atoms with Crippen LogP contribution in [0.2, 0.25) is 0 Å². The van der Waals surface area contributed by atoms with E-state index in [0.717, 1.165) is 16.9 Å². The molecular formula is C13H19N3O2S. The fraction of sp³-hybridized carbons (Fsp3) is 0.462. The van der Waals surface area contributed by atoms with E-state index in [1.807, 2.05) is 24.3 Å². The molecule has 0 saturated heterocycles. The summed E-state index contributed by atoms with van der Waals surface area (Å²) in [5.74, 6) is 1.12. The van der Waals surface area contributed by atoms with Crippen LogP contribution in [0.4, 0.5) is 0 Å². The van der Waals surface area contributed by atoms with Crippen LogP contribution in [0, 0.1) is 0 Å². The number of para-hydroxylation sites is 2. The molecule has 5 nitrogen and oxygen atoms in total. The first-order valence-corrected chi connectivity index (χ1v) is 8.39. The number of aromatic nitrogens is 2. The average molecular weight is 281 g/mol. The summed E-state index contributed by atoms with van der Waals surface area (Å²) < 4.78 is 24.5. The number of hydrogen-bond donors (Lipinski definition) is 1. The normalized spacial score (nSPS) is 12.1. The molecule has 2 rings (SSSR count). The molecule has 0 fully saturated rings. The van der Waals surface area contributed by atoms with E-state index < -0.39 is 9.84 Å². The van der Waals surface area contributed by atoms with E-state index in [4.69, 9.17) is 5.73 Å². The lowest BCUT2D eigenvalue weighted by atomic mass is 10.3. The van der Waals surface area contributed by atoms with E-state index in [0.29, 0.717) is 25.9 Å². The quantitative estimate of drug-likeness (QED) is 0.856. The van der Waals surface area contributed by atoms with Gasteiger partial charge in [0.25, 0.3) is 0 Å². The Morgan fingerprint density at radius 3 is 2.74 bits per heavy atom. The topological polar surface area (TPSA) is 78.0 Å². The summed E-state index contributed by atoms with van der Waals surface area (Å²) in [5.41, 5.74) is 7.58. The second-order valence-electron chi connectivity index (χ2n) is 4.69. The second-order valence-corrected chi connectivity index (χ2v) is 6.95. The third-order valence-corrected chi connectivity index (χ3v) is 4.03. The van der Waals surface area contributed by atoms with Crippen molar-refractivity contribution in [3.63, 3.8) is 0 Å². The standard InChI is InChI=1S/C13H19N3O2S/c1-19(17,18)10-4-9-16-12-6-3-2-5-11(12)15-13(16)7-8-14/h2-3,5-6H,4,7-10,14H2,1H3. The van der Waals surface area contributed by atoms with Crippen molar-refractivity contribution in [3.05, 3.63) is 30.1 Å². The van der Waals surface area contributed by atoms with Gasteiger partial charge in [-0.3, -0.25) is 0 Å². The van der Waals surface area contributed by atoms with E-state index in [2.05, 4.69) is 9.55 Å². The van der Waals surface area contributed by atoms with Gasteiger partial charge >= 0.3 is 0 Å². The Morgan fingerprint density at radius 1 is 1.32 bits per heavy atom. The molecule has 0 aliphatic carbocycles. The summed E-state index contributed by atoms with van der Waals surface area (Å²) >= 11 is 0. The first kappa shape index (κ1) is 14.0. The smallest absolute Gasteiger partial charge is 0.147 e. The summed E-state index contributed by atoms with van der Waals surface area (Å²) in [7, 11) is -2.91. The maximum absolute atomic E-state index is 11.2. The lowest BCUT2D eigenvalue weighted by Crippen LogP contribution is -2.12. The van der Waals surface area contributed by atoms with E-state index >= 15 is 0 Å². The van der Waals surface area contributed by atoms with Crippen LogP contribution < -0.4 is 5.73 Å². The lowest BCUT2D eigenvalue weighted by molar-refractivity contribution is 0.590. The van der Waals surface area contributed by atoms with Crippen molar-refractivity contribution in [1.82, 2.24) is 9.55 Å². The van der Waals surface area contributed by atoms with Gasteiger partial charge in [-0.15, -0.1) is 0 Å². The van der Waals surface area contributed by atoms with E-state index in [1.54, 1.807) is 0 Å². The highest BCUT2D eigenvalue weighted by atomic mass is 32.2. The molecule has 0 bridgehead atoms. The van der Waals surface area contributed by atoms with Gasteiger partial charge in [0, 0.05) is 19.2 Å². The highest BCUT2D eigenvalue weighted by molar-refractivity contribution is 7.90. The number of fused-ring (bicyclic) bond motifs is 1. The predicted molar refractivity (Wildman–Crippen MR) is 76.8 cm³/mol. The second kappa shape index (κ2) is 5.71. The lowest BCUT2D eigenvalue weighted by Gasteiger charge is -2.08. The number of nitrogens with zero attached hydrogens (tertiary/aromatic N) is 2. The Hall–Kier alpha value is -1.40. The number of aryl methyl sites for hydroxylation is 1. The molecular weight excluding hydrogens is 262 g/mol. The van der Waals surface area contributed by atoms with Crippen molar-refractivity contribution < 1.29 is 8.42 Å². The van der Waals surface area contributed by atoms with Crippen molar-refractivity contribution in [2.75, 3.05) is 18.6 Å². The Bertz CT molecular complexity index is 662. The number of benzene rings is 1. The molecule has 2 N–H and O–H groups in total. The fourth-order valence-corrected chi connectivity index (χ4v) is 2.83. The first-order valence-electron chi connectivity index (χ1n) is 6.33. The van der Waals surface area contributed by atoms with Crippen LogP contribution in [-0.4, -0.2) is 36.5 Å². The van der Waals surface area contributed by atoms with E-state index in [9.17, 15) is 8.42 Å². The molecule has 0 aliphatic heterocycles. The zero-order valence-corrected chi connectivity index (χ0v) is 11.9. The Labute approximate surface area is 113 Å². The van der Waals surface area contributed by atoms with Crippen LogP contribution >= 0.6 is 0 Å². The van der Waals surface area contributed by atoms with Gasteiger partial charge in [-0.05, 0) is 25.1 Å². The van der Waals surface area contributed by atoms with Crippen LogP contribution in [0.3, 0.4) is 0 Å². The van der Waals surface area contributed by atoms with Crippen molar-refractivity contribution >= 4 is 20.9 Å². The van der Waals surface area contributed by atoms with Crippen LogP contribution in [0.25, 0.3) is 11.0 Å². The molecule has 0 radical (unpaired) electrons. The molecule has 0 unspecified atom stereocenters. The van der Waals surface area contributed by atoms with Crippen LogP contribution in [-0.2, 0) is 22.8 Å². The SMILES string of the molecule is CS(=O)(=O)CCCn1c(CCN)nc2ccccc21. The Morgan fingerprint density at radius 2 is 2.05 bits per heavy atom. The molecule has 2 aromatic rings. The number of nitrogens with two attached hydrogens (primary N) is 1. The Kier molecular flexibility index (Phi) is 4.21. The van der Waals surface area contributed by atoms with Gasteiger partial charge in [-0.25, -0.2) is 13.4 Å². The monoisotopic (exact) mass is 281 g/mol. The number of sulfone groups is 1. The largest absolute Gasteiger partial charge is 0.330 e. The predicted octanol–water partition coefficient (Wildman–Crippen LogP) is 0.972. The molecule has 1 aromatic carbocycles. The highest BCUT2D eigenvalue weighted by Crippen LogP contribution is 2.17. The highest BCUT2D eigenvalue weighted by Gasteiger charge is 2.10. The molecule has 6 heteroatoms. The Balaban J connectivity index is 2.26. The van der Waals surface area contributed by atoms with Crippen molar-refractivity contribution in [3.8, 4) is 0 Å². The number of rotatable bonds is 6. The van der Waals surface area contributed by atoms with Crippen molar-refractivity contribution in [2.45, 2.75) is 19.4 Å². The fourth-order valence-electron chi connectivity index (χ4n) is 2.18. The molecule has 0 saturated carbocycles. The minimum atomic E-state index is -2.91. The molecule has 1 aromatic heterocycles. The van der Waals surface area contributed by atoms with Crippen LogP contribution in [0.15, 0.2) is 24.3 Å². The maximum atomic E-state index is 11.2.